The van der Waals surface area contributed by atoms with Gasteiger partial charge in [0.1, 0.15) is 0 Å². The van der Waals surface area contributed by atoms with Gasteiger partial charge < -0.3 is 10.1 Å². The Morgan fingerprint density at radius 1 is 1.40 bits per heavy atom. The van der Waals surface area contributed by atoms with Crippen molar-refractivity contribution in [3.63, 3.8) is 0 Å². The molecule has 0 saturated heterocycles. The molecule has 0 atom stereocenters. The first-order valence-corrected chi connectivity index (χ1v) is 4.82. The molecule has 1 heterocycles. The van der Waals surface area contributed by atoms with Crippen molar-refractivity contribution in [2.75, 3.05) is 18.5 Å². The lowest BCUT2D eigenvalue weighted by Gasteiger charge is -2.04. The van der Waals surface area contributed by atoms with Crippen LogP contribution in [0.1, 0.15) is 13.8 Å². The monoisotopic (exact) mass is 226 g/mol. The molecule has 0 bridgehead atoms. The Morgan fingerprint density at radius 2 is 2.20 bits per heavy atom. The molecule has 1 aromatic heterocycles. The fourth-order valence-electron chi connectivity index (χ4n) is 0.816. The van der Waals surface area contributed by atoms with E-state index in [0.29, 0.717) is 19.1 Å². The van der Waals surface area contributed by atoms with E-state index < -0.39 is 0 Å². The van der Waals surface area contributed by atoms with Crippen LogP contribution in [0.2, 0.25) is 5.28 Å². The third-order valence-corrected chi connectivity index (χ3v) is 1.54. The molecule has 1 aromatic rings. The van der Waals surface area contributed by atoms with E-state index in [0.717, 1.165) is 0 Å². The number of nitrogens with one attached hydrogen (secondary N) is 1. The quantitative estimate of drug-likeness (QED) is 0.786. The highest BCUT2D eigenvalue weighted by atomic mass is 35.5. The highest BCUT2D eigenvalue weighted by Crippen LogP contribution is 2.10. The number of aromatic nitrogens is 3. The number of halogens is 1. The van der Waals surface area contributed by atoms with Gasteiger partial charge in [-0.2, -0.15) is 15.0 Å². The van der Waals surface area contributed by atoms with Gasteiger partial charge in [0.05, 0.1) is 13.2 Å². The Kier molecular flexibility index (Phi) is 4.64. The Labute approximate surface area is 93.2 Å². The fourth-order valence-corrected chi connectivity index (χ4v) is 0.969. The predicted molar refractivity (Wildman–Crippen MR) is 57.9 cm³/mol. The topological polar surface area (TPSA) is 59.9 Å². The zero-order valence-electron chi connectivity index (χ0n) is 8.54. The number of hydrogen-bond donors (Lipinski definition) is 1. The molecule has 0 aliphatic carbocycles. The predicted octanol–water partition coefficient (Wildman–Crippen LogP) is 1.36. The minimum atomic E-state index is 0.0976. The van der Waals surface area contributed by atoms with Crippen molar-refractivity contribution >= 4 is 17.5 Å². The molecule has 0 unspecified atom stereocenters. The maximum Gasteiger partial charge on any atom is 0.322 e. The second kappa shape index (κ2) is 6.04. The molecule has 0 radical (unpaired) electrons. The summed E-state index contributed by atoms with van der Waals surface area (Å²) in [4.78, 5) is 11.7. The SMILES string of the molecule is CC#CCNc1nc(Cl)nc(OCC)n1. The summed E-state index contributed by atoms with van der Waals surface area (Å²) in [6.45, 7) is 4.54. The molecule has 0 aliphatic rings. The standard InChI is InChI=1S/C9H11ClN4O/c1-3-5-6-11-8-12-7(10)13-9(14-8)15-4-2/h4,6H2,1-2H3,(H,11,12,13,14). The summed E-state index contributed by atoms with van der Waals surface area (Å²) < 4.78 is 5.11. The molecule has 5 nitrogen and oxygen atoms in total. The Balaban J connectivity index is 2.72. The van der Waals surface area contributed by atoms with Crippen LogP contribution in [0.4, 0.5) is 5.95 Å². The molecule has 15 heavy (non-hydrogen) atoms. The van der Waals surface area contributed by atoms with Crippen molar-refractivity contribution in [1.29, 1.82) is 0 Å². The largest absolute Gasteiger partial charge is 0.464 e. The van der Waals surface area contributed by atoms with Gasteiger partial charge in [-0.15, -0.1) is 5.92 Å². The van der Waals surface area contributed by atoms with E-state index in [4.69, 9.17) is 16.3 Å². The van der Waals surface area contributed by atoms with E-state index in [1.807, 2.05) is 6.92 Å². The van der Waals surface area contributed by atoms with Crippen LogP contribution in [-0.2, 0) is 0 Å². The maximum absolute atomic E-state index is 5.68. The van der Waals surface area contributed by atoms with Crippen molar-refractivity contribution in [2.24, 2.45) is 0 Å². The van der Waals surface area contributed by atoms with Crippen LogP contribution in [0.3, 0.4) is 0 Å². The Bertz CT molecular complexity index is 385. The molecule has 0 saturated carbocycles. The third kappa shape index (κ3) is 4.00. The second-order valence-corrected chi connectivity index (χ2v) is 2.76. The number of hydrogen-bond acceptors (Lipinski definition) is 5. The van der Waals surface area contributed by atoms with Gasteiger partial charge >= 0.3 is 6.01 Å². The lowest BCUT2D eigenvalue weighted by Crippen LogP contribution is -2.07. The van der Waals surface area contributed by atoms with Crippen LogP contribution >= 0.6 is 11.6 Å². The number of rotatable bonds is 4. The lowest BCUT2D eigenvalue weighted by atomic mass is 10.6. The number of anilines is 1. The molecular formula is C9H11ClN4O. The summed E-state index contributed by atoms with van der Waals surface area (Å²) >= 11 is 5.68. The average molecular weight is 227 g/mol. The summed E-state index contributed by atoms with van der Waals surface area (Å²) in [6.07, 6.45) is 0. The first-order valence-electron chi connectivity index (χ1n) is 4.44. The highest BCUT2D eigenvalue weighted by Gasteiger charge is 2.04. The average Bonchev–Trinajstić information content (AvgIpc) is 2.18. The highest BCUT2D eigenvalue weighted by molar-refractivity contribution is 6.28. The van der Waals surface area contributed by atoms with Crippen LogP contribution in [-0.4, -0.2) is 28.1 Å². The van der Waals surface area contributed by atoms with E-state index >= 15 is 0 Å². The zero-order valence-corrected chi connectivity index (χ0v) is 9.30. The molecule has 0 fully saturated rings. The first-order chi connectivity index (χ1) is 7.26. The second-order valence-electron chi connectivity index (χ2n) is 2.42. The van der Waals surface area contributed by atoms with E-state index in [1.54, 1.807) is 6.92 Å². The number of nitrogens with zero attached hydrogens (tertiary/aromatic N) is 3. The van der Waals surface area contributed by atoms with Gasteiger partial charge in [0.15, 0.2) is 0 Å². The van der Waals surface area contributed by atoms with Crippen molar-refractivity contribution in [1.82, 2.24) is 15.0 Å². The van der Waals surface area contributed by atoms with E-state index in [9.17, 15) is 0 Å². The molecule has 0 aliphatic heterocycles. The molecule has 0 spiro atoms. The van der Waals surface area contributed by atoms with Crippen LogP contribution in [0.25, 0.3) is 0 Å². The molecular weight excluding hydrogens is 216 g/mol. The van der Waals surface area contributed by atoms with Gasteiger partial charge in [0.25, 0.3) is 0 Å². The summed E-state index contributed by atoms with van der Waals surface area (Å²) in [5.74, 6) is 5.93. The third-order valence-electron chi connectivity index (χ3n) is 1.37. The molecule has 1 rings (SSSR count). The minimum Gasteiger partial charge on any atom is -0.464 e. The molecule has 0 amide bonds. The van der Waals surface area contributed by atoms with Gasteiger partial charge in [0.2, 0.25) is 11.2 Å². The van der Waals surface area contributed by atoms with Crippen LogP contribution in [0.5, 0.6) is 6.01 Å². The number of ether oxygens (including phenoxy) is 1. The van der Waals surface area contributed by atoms with Gasteiger partial charge in [-0.05, 0) is 25.4 Å². The van der Waals surface area contributed by atoms with Gasteiger partial charge in [0, 0.05) is 0 Å². The molecule has 6 heteroatoms. The van der Waals surface area contributed by atoms with Gasteiger partial charge in [-0.25, -0.2) is 0 Å². The summed E-state index contributed by atoms with van der Waals surface area (Å²) in [5, 5.41) is 2.98. The van der Waals surface area contributed by atoms with Crippen molar-refractivity contribution in [3.8, 4) is 17.9 Å². The summed E-state index contributed by atoms with van der Waals surface area (Å²) in [7, 11) is 0. The van der Waals surface area contributed by atoms with Gasteiger partial charge in [-0.1, -0.05) is 5.92 Å². The zero-order chi connectivity index (χ0) is 11.1. The molecule has 0 aromatic carbocycles. The molecule has 1 N–H and O–H groups in total. The lowest BCUT2D eigenvalue weighted by molar-refractivity contribution is 0.312. The summed E-state index contributed by atoms with van der Waals surface area (Å²) in [6, 6.07) is 0.212. The Hall–Kier alpha value is -1.54. The van der Waals surface area contributed by atoms with Crippen LogP contribution < -0.4 is 10.1 Å². The summed E-state index contributed by atoms with van der Waals surface area (Å²) in [5.41, 5.74) is 0. The van der Waals surface area contributed by atoms with E-state index in [1.165, 1.54) is 0 Å². The molecule has 80 valence electrons. The first kappa shape index (κ1) is 11.5. The van der Waals surface area contributed by atoms with Gasteiger partial charge in [-0.3, -0.25) is 0 Å². The fraction of sp³-hybridized carbons (Fsp3) is 0.444. The van der Waals surface area contributed by atoms with Crippen molar-refractivity contribution < 1.29 is 4.74 Å². The van der Waals surface area contributed by atoms with E-state index in [-0.39, 0.29) is 11.3 Å². The van der Waals surface area contributed by atoms with Crippen molar-refractivity contribution in [2.45, 2.75) is 13.8 Å². The van der Waals surface area contributed by atoms with Crippen LogP contribution in [0.15, 0.2) is 0 Å². The van der Waals surface area contributed by atoms with E-state index in [2.05, 4.69) is 32.1 Å². The smallest absolute Gasteiger partial charge is 0.322 e. The normalized spacial score (nSPS) is 9.00. The van der Waals surface area contributed by atoms with Crippen molar-refractivity contribution in [3.05, 3.63) is 5.28 Å². The Morgan fingerprint density at radius 3 is 2.87 bits per heavy atom. The maximum atomic E-state index is 5.68. The van der Waals surface area contributed by atoms with Crippen LogP contribution in [0, 0.1) is 11.8 Å². The minimum absolute atomic E-state index is 0.0976.